The van der Waals surface area contributed by atoms with E-state index in [0.717, 1.165) is 12.7 Å². The lowest BCUT2D eigenvalue weighted by molar-refractivity contribution is -0.104. The number of hydrogen-bond donors (Lipinski definition) is 0. The maximum Gasteiger partial charge on any atom is 0.142 e. The lowest BCUT2D eigenvalue weighted by Crippen LogP contribution is -2.35. The van der Waals surface area contributed by atoms with Gasteiger partial charge in [0.2, 0.25) is 0 Å². The highest BCUT2D eigenvalue weighted by Gasteiger charge is 2.16. The SMILES string of the molecule is CN1CCCCC1C/C=C\C=O. The zero-order valence-electron chi connectivity index (χ0n) is 7.70. The van der Waals surface area contributed by atoms with Crippen LogP contribution in [-0.2, 0) is 4.79 Å². The first-order valence-electron chi connectivity index (χ1n) is 4.65. The van der Waals surface area contributed by atoms with Crippen molar-refractivity contribution < 1.29 is 4.79 Å². The van der Waals surface area contributed by atoms with Crippen LogP contribution >= 0.6 is 0 Å². The summed E-state index contributed by atoms with van der Waals surface area (Å²) in [7, 11) is 2.17. The average Bonchev–Trinajstić information content (AvgIpc) is 2.09. The largest absolute Gasteiger partial charge is 0.303 e. The van der Waals surface area contributed by atoms with E-state index in [9.17, 15) is 4.79 Å². The Morgan fingerprint density at radius 1 is 1.50 bits per heavy atom. The van der Waals surface area contributed by atoms with Crippen LogP contribution < -0.4 is 0 Å². The Labute approximate surface area is 74.2 Å². The summed E-state index contributed by atoms with van der Waals surface area (Å²) in [6, 6.07) is 0.662. The summed E-state index contributed by atoms with van der Waals surface area (Å²) in [5, 5.41) is 0. The zero-order chi connectivity index (χ0) is 8.81. The number of aldehydes is 1. The van der Waals surface area contributed by atoms with Crippen LogP contribution in [0.5, 0.6) is 0 Å². The van der Waals surface area contributed by atoms with E-state index in [4.69, 9.17) is 0 Å². The van der Waals surface area contributed by atoms with Crippen molar-refractivity contribution in [3.8, 4) is 0 Å². The Morgan fingerprint density at radius 2 is 2.33 bits per heavy atom. The van der Waals surface area contributed by atoms with E-state index in [1.165, 1.54) is 25.8 Å². The molecule has 1 saturated heterocycles. The first-order chi connectivity index (χ1) is 5.84. The fourth-order valence-corrected chi connectivity index (χ4v) is 1.73. The number of hydrogen-bond acceptors (Lipinski definition) is 2. The van der Waals surface area contributed by atoms with E-state index < -0.39 is 0 Å². The first-order valence-corrected chi connectivity index (χ1v) is 4.65. The number of allylic oxidation sites excluding steroid dienone is 1. The molecule has 0 radical (unpaired) electrons. The summed E-state index contributed by atoms with van der Waals surface area (Å²) in [5.41, 5.74) is 0. The van der Waals surface area contributed by atoms with Crippen LogP contribution in [0.25, 0.3) is 0 Å². The number of nitrogens with zero attached hydrogens (tertiary/aromatic N) is 1. The highest BCUT2D eigenvalue weighted by molar-refractivity contribution is 5.64. The van der Waals surface area contributed by atoms with Crippen molar-refractivity contribution in [3.63, 3.8) is 0 Å². The van der Waals surface area contributed by atoms with Gasteiger partial charge >= 0.3 is 0 Å². The van der Waals surface area contributed by atoms with Crippen molar-refractivity contribution in [2.45, 2.75) is 31.7 Å². The molecule has 0 amide bonds. The maximum absolute atomic E-state index is 10.0. The van der Waals surface area contributed by atoms with Crippen molar-refractivity contribution in [2.75, 3.05) is 13.6 Å². The molecule has 0 aromatic heterocycles. The number of likely N-dealkylation sites (tertiary alicyclic amines) is 1. The fraction of sp³-hybridized carbons (Fsp3) is 0.700. The van der Waals surface area contributed by atoms with Gasteiger partial charge in [-0.1, -0.05) is 12.5 Å². The van der Waals surface area contributed by atoms with Gasteiger partial charge in [-0.3, -0.25) is 4.79 Å². The zero-order valence-corrected chi connectivity index (χ0v) is 7.70. The van der Waals surface area contributed by atoms with Crippen LogP contribution in [0.15, 0.2) is 12.2 Å². The summed E-state index contributed by atoms with van der Waals surface area (Å²) in [4.78, 5) is 12.4. The van der Waals surface area contributed by atoms with E-state index in [1.54, 1.807) is 6.08 Å². The molecule has 1 unspecified atom stereocenters. The third-order valence-corrected chi connectivity index (χ3v) is 2.54. The molecule has 0 aliphatic carbocycles. The van der Waals surface area contributed by atoms with Crippen LogP contribution in [0.2, 0.25) is 0 Å². The Hall–Kier alpha value is -0.630. The number of rotatable bonds is 3. The van der Waals surface area contributed by atoms with Crippen molar-refractivity contribution in [2.24, 2.45) is 0 Å². The van der Waals surface area contributed by atoms with Gasteiger partial charge in [-0.2, -0.15) is 0 Å². The van der Waals surface area contributed by atoms with Crippen LogP contribution in [0.1, 0.15) is 25.7 Å². The summed E-state index contributed by atoms with van der Waals surface area (Å²) >= 11 is 0. The molecule has 1 rings (SSSR count). The minimum absolute atomic E-state index is 0.662. The highest BCUT2D eigenvalue weighted by Crippen LogP contribution is 2.17. The molecule has 0 aromatic rings. The van der Waals surface area contributed by atoms with E-state index in [1.807, 2.05) is 6.08 Å². The van der Waals surface area contributed by atoms with Gasteiger partial charge in [0, 0.05) is 6.04 Å². The van der Waals surface area contributed by atoms with Gasteiger partial charge in [0.05, 0.1) is 0 Å². The second kappa shape index (κ2) is 5.09. The Morgan fingerprint density at radius 3 is 3.00 bits per heavy atom. The number of carbonyl (C=O) groups excluding carboxylic acids is 1. The second-order valence-electron chi connectivity index (χ2n) is 3.43. The summed E-state index contributed by atoms with van der Waals surface area (Å²) in [6.45, 7) is 1.21. The molecule has 1 heterocycles. The molecule has 0 N–H and O–H groups in total. The van der Waals surface area contributed by atoms with Gasteiger partial charge < -0.3 is 4.90 Å². The molecule has 0 saturated carbocycles. The molecule has 0 bridgehead atoms. The molecule has 0 spiro atoms. The monoisotopic (exact) mass is 167 g/mol. The van der Waals surface area contributed by atoms with Crippen LogP contribution in [0.4, 0.5) is 0 Å². The van der Waals surface area contributed by atoms with E-state index >= 15 is 0 Å². The molecular formula is C10H17NO. The molecule has 1 fully saturated rings. The lowest BCUT2D eigenvalue weighted by Gasteiger charge is -2.31. The molecule has 1 aliphatic heterocycles. The van der Waals surface area contributed by atoms with Crippen molar-refractivity contribution in [1.82, 2.24) is 4.90 Å². The van der Waals surface area contributed by atoms with Gasteiger partial charge in [0.15, 0.2) is 0 Å². The molecule has 1 atom stereocenters. The van der Waals surface area contributed by atoms with Crippen LogP contribution in [0.3, 0.4) is 0 Å². The fourth-order valence-electron chi connectivity index (χ4n) is 1.73. The molecule has 0 aromatic carbocycles. The lowest BCUT2D eigenvalue weighted by atomic mass is 10.00. The maximum atomic E-state index is 10.0. The van der Waals surface area contributed by atoms with Crippen molar-refractivity contribution >= 4 is 6.29 Å². The molecule has 68 valence electrons. The number of piperidine rings is 1. The minimum atomic E-state index is 0.662. The first kappa shape index (κ1) is 9.46. The molecule has 2 heteroatoms. The molecule has 2 nitrogen and oxygen atoms in total. The summed E-state index contributed by atoms with van der Waals surface area (Å²) in [5.74, 6) is 0. The third kappa shape index (κ3) is 2.78. The predicted octanol–water partition coefficient (Wildman–Crippen LogP) is 1.62. The predicted molar refractivity (Wildman–Crippen MR) is 50.1 cm³/mol. The highest BCUT2D eigenvalue weighted by atomic mass is 16.1. The average molecular weight is 167 g/mol. The van der Waals surface area contributed by atoms with Gasteiger partial charge in [0.25, 0.3) is 0 Å². The van der Waals surface area contributed by atoms with E-state index in [-0.39, 0.29) is 0 Å². The second-order valence-corrected chi connectivity index (χ2v) is 3.43. The normalized spacial score (nSPS) is 26.2. The van der Waals surface area contributed by atoms with E-state index in [0.29, 0.717) is 6.04 Å². The van der Waals surface area contributed by atoms with Crippen molar-refractivity contribution in [1.29, 1.82) is 0 Å². The Bertz CT molecular complexity index is 165. The third-order valence-electron chi connectivity index (χ3n) is 2.54. The van der Waals surface area contributed by atoms with Gasteiger partial charge in [-0.05, 0) is 38.9 Å². The van der Waals surface area contributed by atoms with Crippen LogP contribution in [-0.4, -0.2) is 30.8 Å². The van der Waals surface area contributed by atoms with Gasteiger partial charge in [0.1, 0.15) is 6.29 Å². The van der Waals surface area contributed by atoms with Crippen molar-refractivity contribution in [3.05, 3.63) is 12.2 Å². The Kier molecular flexibility index (Phi) is 4.01. The minimum Gasteiger partial charge on any atom is -0.303 e. The standard InChI is InChI=1S/C10H17NO/c1-11-8-4-2-6-10(11)7-3-5-9-12/h3,5,9-10H,2,4,6-8H2,1H3/b5-3-. The summed E-state index contributed by atoms with van der Waals surface area (Å²) in [6.07, 6.45) is 9.38. The Balaban J connectivity index is 2.28. The smallest absolute Gasteiger partial charge is 0.142 e. The molecule has 1 aliphatic rings. The molecule has 12 heavy (non-hydrogen) atoms. The summed E-state index contributed by atoms with van der Waals surface area (Å²) < 4.78 is 0. The topological polar surface area (TPSA) is 20.3 Å². The van der Waals surface area contributed by atoms with Gasteiger partial charge in [-0.15, -0.1) is 0 Å². The number of carbonyl (C=O) groups is 1. The van der Waals surface area contributed by atoms with Gasteiger partial charge in [-0.25, -0.2) is 0 Å². The van der Waals surface area contributed by atoms with Crippen LogP contribution in [0, 0.1) is 0 Å². The van der Waals surface area contributed by atoms with E-state index in [2.05, 4.69) is 11.9 Å². The quantitative estimate of drug-likeness (QED) is 0.470. The molecular weight excluding hydrogens is 150 g/mol.